The number of benzene rings is 1. The van der Waals surface area contributed by atoms with Crippen molar-refractivity contribution in [2.45, 2.75) is 12.3 Å². The highest BCUT2D eigenvalue weighted by Gasteiger charge is 2.30. The van der Waals surface area contributed by atoms with Gasteiger partial charge in [-0.05, 0) is 22.6 Å². The van der Waals surface area contributed by atoms with Gasteiger partial charge in [-0.1, -0.05) is 35.5 Å². The minimum atomic E-state index is 0.355. The van der Waals surface area contributed by atoms with Crippen molar-refractivity contribution in [3.8, 4) is 0 Å². The molecule has 1 aromatic carbocycles. The van der Waals surface area contributed by atoms with Gasteiger partial charge in [-0.2, -0.15) is 0 Å². The van der Waals surface area contributed by atoms with Crippen LogP contribution < -0.4 is 0 Å². The summed E-state index contributed by atoms with van der Waals surface area (Å²) in [5, 5.41) is 14.5. The standard InChI is InChI=1S/C13H11NOS/c15-14-12-8-11(9-4-2-1-3-5-9)10-6-7-16-13(10)12/h1-7,11,15H,8H2/b14-12+. The number of hydrogen-bond acceptors (Lipinski definition) is 3. The third-order valence-electron chi connectivity index (χ3n) is 3.05. The number of oxime groups is 1. The molecule has 0 saturated heterocycles. The fourth-order valence-electron chi connectivity index (χ4n) is 2.29. The topological polar surface area (TPSA) is 32.6 Å². The number of thiophene rings is 1. The summed E-state index contributed by atoms with van der Waals surface area (Å²) >= 11 is 1.65. The molecule has 3 rings (SSSR count). The molecule has 1 aliphatic rings. The summed E-state index contributed by atoms with van der Waals surface area (Å²) in [5.41, 5.74) is 3.41. The molecule has 16 heavy (non-hydrogen) atoms. The van der Waals surface area contributed by atoms with E-state index in [1.165, 1.54) is 11.1 Å². The van der Waals surface area contributed by atoms with Crippen LogP contribution >= 0.6 is 11.3 Å². The molecule has 1 aromatic heterocycles. The van der Waals surface area contributed by atoms with Crippen molar-refractivity contribution >= 4 is 17.0 Å². The summed E-state index contributed by atoms with van der Waals surface area (Å²) in [5.74, 6) is 0.355. The van der Waals surface area contributed by atoms with Gasteiger partial charge < -0.3 is 5.21 Å². The average molecular weight is 229 g/mol. The first-order valence-electron chi connectivity index (χ1n) is 5.24. The molecule has 1 N–H and O–H groups in total. The molecule has 1 unspecified atom stereocenters. The van der Waals surface area contributed by atoms with Crippen LogP contribution in [0.3, 0.4) is 0 Å². The Balaban J connectivity index is 2.08. The molecule has 0 bridgehead atoms. The zero-order valence-electron chi connectivity index (χ0n) is 8.63. The Morgan fingerprint density at radius 3 is 2.75 bits per heavy atom. The van der Waals surface area contributed by atoms with Crippen molar-refractivity contribution in [1.82, 2.24) is 0 Å². The van der Waals surface area contributed by atoms with Crippen LogP contribution in [0.15, 0.2) is 46.9 Å². The van der Waals surface area contributed by atoms with Gasteiger partial charge in [-0.15, -0.1) is 11.3 Å². The molecule has 80 valence electrons. The molecule has 2 aromatic rings. The monoisotopic (exact) mass is 229 g/mol. The summed E-state index contributed by atoms with van der Waals surface area (Å²) in [7, 11) is 0. The predicted molar refractivity (Wildman–Crippen MR) is 65.5 cm³/mol. The first-order chi connectivity index (χ1) is 7.90. The third-order valence-corrected chi connectivity index (χ3v) is 4.03. The minimum Gasteiger partial charge on any atom is -0.411 e. The van der Waals surface area contributed by atoms with Crippen molar-refractivity contribution in [1.29, 1.82) is 0 Å². The smallest absolute Gasteiger partial charge is 0.0979 e. The van der Waals surface area contributed by atoms with Gasteiger partial charge in [0.05, 0.1) is 10.6 Å². The van der Waals surface area contributed by atoms with E-state index in [1.807, 2.05) is 6.07 Å². The van der Waals surface area contributed by atoms with Crippen LogP contribution in [0.4, 0.5) is 0 Å². The summed E-state index contributed by atoms with van der Waals surface area (Å²) in [6, 6.07) is 12.5. The van der Waals surface area contributed by atoms with E-state index in [0.29, 0.717) is 5.92 Å². The maximum atomic E-state index is 8.99. The Bertz CT molecular complexity index is 530. The van der Waals surface area contributed by atoms with Crippen molar-refractivity contribution in [3.05, 3.63) is 57.8 Å². The maximum absolute atomic E-state index is 8.99. The third kappa shape index (κ3) is 1.36. The van der Waals surface area contributed by atoms with Gasteiger partial charge in [-0.25, -0.2) is 0 Å². The van der Waals surface area contributed by atoms with Gasteiger partial charge in [-0.3, -0.25) is 0 Å². The lowest BCUT2D eigenvalue weighted by Crippen LogP contribution is -1.97. The largest absolute Gasteiger partial charge is 0.411 e. The molecule has 2 nitrogen and oxygen atoms in total. The van der Waals surface area contributed by atoms with E-state index in [0.717, 1.165) is 17.0 Å². The van der Waals surface area contributed by atoms with Crippen LogP contribution in [0.1, 0.15) is 28.3 Å². The molecule has 0 aliphatic heterocycles. The number of rotatable bonds is 1. The Morgan fingerprint density at radius 2 is 2.00 bits per heavy atom. The summed E-state index contributed by atoms with van der Waals surface area (Å²) < 4.78 is 0. The molecule has 0 saturated carbocycles. The van der Waals surface area contributed by atoms with Crippen LogP contribution in [0.2, 0.25) is 0 Å². The van der Waals surface area contributed by atoms with Gasteiger partial charge in [0.2, 0.25) is 0 Å². The lowest BCUT2D eigenvalue weighted by Gasteiger charge is -2.09. The van der Waals surface area contributed by atoms with Gasteiger partial charge in [0, 0.05) is 12.3 Å². The molecule has 0 fully saturated rings. The van der Waals surface area contributed by atoms with Gasteiger partial charge in [0.15, 0.2) is 0 Å². The molecular formula is C13H11NOS. The molecule has 0 amide bonds. The second kappa shape index (κ2) is 3.76. The van der Waals surface area contributed by atoms with E-state index in [1.54, 1.807) is 11.3 Å². The van der Waals surface area contributed by atoms with Crippen LogP contribution in [0.5, 0.6) is 0 Å². The highest BCUT2D eigenvalue weighted by Crippen LogP contribution is 2.40. The molecule has 0 spiro atoms. The molecule has 1 heterocycles. The van der Waals surface area contributed by atoms with Crippen LogP contribution in [-0.4, -0.2) is 10.9 Å². The fraction of sp³-hybridized carbons (Fsp3) is 0.154. The number of nitrogens with zero attached hydrogens (tertiary/aromatic N) is 1. The second-order valence-electron chi connectivity index (χ2n) is 3.92. The van der Waals surface area contributed by atoms with Gasteiger partial charge in [0.25, 0.3) is 0 Å². The zero-order chi connectivity index (χ0) is 11.0. The number of fused-ring (bicyclic) bond motifs is 1. The number of hydrogen-bond donors (Lipinski definition) is 1. The van der Waals surface area contributed by atoms with Crippen molar-refractivity contribution in [2.24, 2.45) is 5.16 Å². The van der Waals surface area contributed by atoms with E-state index in [2.05, 4.69) is 40.9 Å². The SMILES string of the molecule is O/N=C1\CC(c2ccccc2)c2ccsc21. The van der Waals surface area contributed by atoms with E-state index in [4.69, 9.17) is 5.21 Å². The Morgan fingerprint density at radius 1 is 1.19 bits per heavy atom. The highest BCUT2D eigenvalue weighted by atomic mass is 32.1. The van der Waals surface area contributed by atoms with Crippen molar-refractivity contribution in [2.75, 3.05) is 0 Å². The fourth-order valence-corrected chi connectivity index (χ4v) is 3.25. The molecule has 3 heteroatoms. The minimum absolute atomic E-state index is 0.355. The molecule has 1 atom stereocenters. The normalized spacial score (nSPS) is 21.2. The van der Waals surface area contributed by atoms with Crippen molar-refractivity contribution in [3.63, 3.8) is 0 Å². The quantitative estimate of drug-likeness (QED) is 0.589. The van der Waals surface area contributed by atoms with Gasteiger partial charge in [0.1, 0.15) is 0 Å². The van der Waals surface area contributed by atoms with E-state index < -0.39 is 0 Å². The average Bonchev–Trinajstić information content (AvgIpc) is 2.91. The van der Waals surface area contributed by atoms with E-state index in [9.17, 15) is 0 Å². The van der Waals surface area contributed by atoms with E-state index in [-0.39, 0.29) is 0 Å². The molecule has 0 radical (unpaired) electrons. The van der Waals surface area contributed by atoms with Crippen LogP contribution in [0, 0.1) is 0 Å². The Labute approximate surface area is 97.9 Å². The first kappa shape index (κ1) is 9.60. The predicted octanol–water partition coefficient (Wildman–Crippen LogP) is 3.46. The summed E-state index contributed by atoms with van der Waals surface area (Å²) in [4.78, 5) is 1.14. The first-order valence-corrected chi connectivity index (χ1v) is 6.11. The van der Waals surface area contributed by atoms with Crippen molar-refractivity contribution < 1.29 is 5.21 Å². The summed E-state index contributed by atoms with van der Waals surface area (Å²) in [6.07, 6.45) is 0.808. The zero-order valence-corrected chi connectivity index (χ0v) is 9.45. The van der Waals surface area contributed by atoms with Crippen LogP contribution in [-0.2, 0) is 0 Å². The molecule has 1 aliphatic carbocycles. The van der Waals surface area contributed by atoms with Crippen LogP contribution in [0.25, 0.3) is 0 Å². The van der Waals surface area contributed by atoms with Gasteiger partial charge >= 0.3 is 0 Å². The lowest BCUT2D eigenvalue weighted by molar-refractivity contribution is 0.318. The Kier molecular flexibility index (Phi) is 2.26. The second-order valence-corrected chi connectivity index (χ2v) is 4.84. The maximum Gasteiger partial charge on any atom is 0.0979 e. The summed E-state index contributed by atoms with van der Waals surface area (Å²) in [6.45, 7) is 0. The molecular weight excluding hydrogens is 218 g/mol. The lowest BCUT2D eigenvalue weighted by atomic mass is 9.94. The van der Waals surface area contributed by atoms with E-state index >= 15 is 0 Å². The highest BCUT2D eigenvalue weighted by molar-refractivity contribution is 7.12. The Hall–Kier alpha value is -1.61.